The second kappa shape index (κ2) is 5.07. The number of hydrogen-bond donors (Lipinski definition) is 2. The fourth-order valence-corrected chi connectivity index (χ4v) is 4.15. The van der Waals surface area contributed by atoms with E-state index in [0.29, 0.717) is 28.2 Å². The van der Waals surface area contributed by atoms with Gasteiger partial charge in [-0.1, -0.05) is 0 Å². The average Bonchev–Trinajstić information content (AvgIpc) is 2.53. The zero-order chi connectivity index (χ0) is 15.9. The van der Waals surface area contributed by atoms with Gasteiger partial charge in [-0.3, -0.25) is 9.40 Å². The lowest BCUT2D eigenvalue weighted by Gasteiger charge is -2.14. The molecule has 0 radical (unpaired) electrons. The number of hydrogen-bond acceptors (Lipinski definition) is 4. The van der Waals surface area contributed by atoms with Gasteiger partial charge in [0.15, 0.2) is 0 Å². The molecule has 2 aromatic rings. The molecule has 0 bridgehead atoms. The molecule has 1 heterocycles. The molecule has 0 fully saturated rings. The number of rotatable bonds is 3. The van der Waals surface area contributed by atoms with Crippen LogP contribution in [0.5, 0.6) is 0 Å². The zero-order valence-corrected chi connectivity index (χ0v) is 13.7. The molecule has 3 N–H and O–H groups in total. The van der Waals surface area contributed by atoms with Crippen LogP contribution in [0.1, 0.15) is 22.5 Å². The molecule has 7 heteroatoms. The standard InChI is InChI=1S/C14H20N4O2S/c1-8-6-12(15)7-9(2)14(8)21(19,20)17-13-10(3)16-18(5)11(13)4/h6-7,17H,15H2,1-5H3. The quantitative estimate of drug-likeness (QED) is 0.849. The third kappa shape index (κ3) is 2.73. The molecule has 0 atom stereocenters. The van der Waals surface area contributed by atoms with Crippen LogP contribution in [0.2, 0.25) is 0 Å². The summed E-state index contributed by atoms with van der Waals surface area (Å²) in [7, 11) is -1.90. The predicted molar refractivity (Wildman–Crippen MR) is 83.8 cm³/mol. The van der Waals surface area contributed by atoms with E-state index in [0.717, 1.165) is 5.69 Å². The van der Waals surface area contributed by atoms with Gasteiger partial charge in [-0.15, -0.1) is 0 Å². The van der Waals surface area contributed by atoms with Crippen molar-refractivity contribution in [1.29, 1.82) is 0 Å². The lowest BCUT2D eigenvalue weighted by molar-refractivity contribution is 0.600. The minimum Gasteiger partial charge on any atom is -0.399 e. The Kier molecular flexibility index (Phi) is 3.71. The van der Waals surface area contributed by atoms with Crippen LogP contribution in [-0.4, -0.2) is 18.2 Å². The average molecular weight is 308 g/mol. The van der Waals surface area contributed by atoms with Crippen LogP contribution in [0.25, 0.3) is 0 Å². The second-order valence-electron chi connectivity index (χ2n) is 5.26. The van der Waals surface area contributed by atoms with E-state index in [1.807, 2.05) is 6.92 Å². The van der Waals surface area contributed by atoms with Gasteiger partial charge in [-0.2, -0.15) is 5.10 Å². The summed E-state index contributed by atoms with van der Waals surface area (Å²) >= 11 is 0. The molecule has 0 unspecified atom stereocenters. The molecule has 21 heavy (non-hydrogen) atoms. The maximum atomic E-state index is 12.7. The molecule has 0 spiro atoms. The van der Waals surface area contributed by atoms with E-state index < -0.39 is 10.0 Å². The number of benzene rings is 1. The highest BCUT2D eigenvalue weighted by molar-refractivity contribution is 7.92. The van der Waals surface area contributed by atoms with Crippen molar-refractivity contribution in [2.45, 2.75) is 32.6 Å². The fourth-order valence-electron chi connectivity index (χ4n) is 2.51. The fraction of sp³-hybridized carbons (Fsp3) is 0.357. The molecule has 1 aromatic heterocycles. The largest absolute Gasteiger partial charge is 0.399 e. The number of nitrogen functional groups attached to an aromatic ring is 1. The number of anilines is 2. The van der Waals surface area contributed by atoms with E-state index in [1.54, 1.807) is 44.6 Å². The summed E-state index contributed by atoms with van der Waals surface area (Å²) in [5.74, 6) is 0. The van der Waals surface area contributed by atoms with Crippen molar-refractivity contribution >= 4 is 21.4 Å². The van der Waals surface area contributed by atoms with Gasteiger partial charge >= 0.3 is 0 Å². The molecule has 0 saturated carbocycles. The highest BCUT2D eigenvalue weighted by atomic mass is 32.2. The number of aryl methyl sites for hydroxylation is 4. The first-order chi connectivity index (χ1) is 9.63. The summed E-state index contributed by atoms with van der Waals surface area (Å²) in [6.45, 7) is 7.07. The number of nitrogens with two attached hydrogens (primary N) is 1. The molecular weight excluding hydrogens is 288 g/mol. The van der Waals surface area contributed by atoms with Gasteiger partial charge in [0, 0.05) is 12.7 Å². The molecule has 0 amide bonds. The summed E-state index contributed by atoms with van der Waals surface area (Å²) in [6.07, 6.45) is 0. The van der Waals surface area contributed by atoms with E-state index in [1.165, 1.54) is 0 Å². The van der Waals surface area contributed by atoms with Crippen molar-refractivity contribution < 1.29 is 8.42 Å². The Hall–Kier alpha value is -2.02. The van der Waals surface area contributed by atoms with Crippen molar-refractivity contribution in [3.05, 3.63) is 34.6 Å². The molecule has 0 aliphatic carbocycles. The Morgan fingerprint density at radius 1 is 1.14 bits per heavy atom. The van der Waals surface area contributed by atoms with Gasteiger partial charge in [0.2, 0.25) is 0 Å². The third-order valence-corrected chi connectivity index (χ3v) is 5.15. The second-order valence-corrected chi connectivity index (χ2v) is 6.88. The van der Waals surface area contributed by atoms with E-state index in [9.17, 15) is 8.42 Å². The van der Waals surface area contributed by atoms with Crippen LogP contribution in [0, 0.1) is 27.7 Å². The molecule has 2 rings (SSSR count). The topological polar surface area (TPSA) is 90.0 Å². The van der Waals surface area contributed by atoms with Crippen molar-refractivity contribution in [1.82, 2.24) is 9.78 Å². The van der Waals surface area contributed by atoms with Gasteiger partial charge in [-0.25, -0.2) is 8.42 Å². The first kappa shape index (κ1) is 15.4. The Bertz CT molecular complexity index is 784. The molecule has 0 saturated heterocycles. The van der Waals surface area contributed by atoms with Gasteiger partial charge < -0.3 is 5.73 Å². The van der Waals surface area contributed by atoms with E-state index in [-0.39, 0.29) is 4.90 Å². The lowest BCUT2D eigenvalue weighted by Crippen LogP contribution is -2.17. The summed E-state index contributed by atoms with van der Waals surface area (Å²) in [5, 5.41) is 4.22. The number of aromatic nitrogens is 2. The van der Waals surface area contributed by atoms with Gasteiger partial charge in [-0.05, 0) is 51.0 Å². The lowest BCUT2D eigenvalue weighted by atomic mass is 10.1. The Labute approximate surface area is 125 Å². The van der Waals surface area contributed by atoms with Crippen LogP contribution in [0.4, 0.5) is 11.4 Å². The maximum Gasteiger partial charge on any atom is 0.262 e. The number of nitrogens with one attached hydrogen (secondary N) is 1. The van der Waals surface area contributed by atoms with Crippen molar-refractivity contribution in [2.75, 3.05) is 10.5 Å². The van der Waals surface area contributed by atoms with Gasteiger partial charge in [0.05, 0.1) is 22.0 Å². The SMILES string of the molecule is Cc1cc(N)cc(C)c1S(=O)(=O)Nc1c(C)nn(C)c1C. The molecule has 1 aromatic carbocycles. The predicted octanol–water partition coefficient (Wildman–Crippen LogP) is 2.04. The van der Waals surface area contributed by atoms with E-state index in [4.69, 9.17) is 5.73 Å². The van der Waals surface area contributed by atoms with Crippen LogP contribution in [-0.2, 0) is 17.1 Å². The minimum absolute atomic E-state index is 0.263. The monoisotopic (exact) mass is 308 g/mol. The van der Waals surface area contributed by atoms with Crippen LogP contribution >= 0.6 is 0 Å². The first-order valence-electron chi connectivity index (χ1n) is 6.53. The number of nitrogens with zero attached hydrogens (tertiary/aromatic N) is 2. The number of sulfonamides is 1. The zero-order valence-electron chi connectivity index (χ0n) is 12.9. The van der Waals surface area contributed by atoms with Gasteiger partial charge in [0.25, 0.3) is 10.0 Å². The maximum absolute atomic E-state index is 12.7. The summed E-state index contributed by atoms with van der Waals surface area (Å²) < 4.78 is 29.6. The summed E-state index contributed by atoms with van der Waals surface area (Å²) in [4.78, 5) is 0.263. The summed E-state index contributed by atoms with van der Waals surface area (Å²) in [5.41, 5.74) is 9.48. The van der Waals surface area contributed by atoms with Gasteiger partial charge in [0.1, 0.15) is 0 Å². The Balaban J connectivity index is 2.54. The molecule has 114 valence electrons. The van der Waals surface area contributed by atoms with Crippen molar-refractivity contribution in [3.8, 4) is 0 Å². The smallest absolute Gasteiger partial charge is 0.262 e. The van der Waals surface area contributed by atoms with Crippen molar-refractivity contribution in [3.63, 3.8) is 0 Å². The third-order valence-electron chi connectivity index (χ3n) is 3.50. The first-order valence-corrected chi connectivity index (χ1v) is 8.01. The summed E-state index contributed by atoms with van der Waals surface area (Å²) in [6, 6.07) is 3.31. The normalized spacial score (nSPS) is 11.7. The van der Waals surface area contributed by atoms with E-state index in [2.05, 4.69) is 9.82 Å². The molecule has 6 nitrogen and oxygen atoms in total. The molecule has 0 aliphatic rings. The van der Waals surface area contributed by atoms with Crippen LogP contribution in [0.15, 0.2) is 17.0 Å². The van der Waals surface area contributed by atoms with Crippen molar-refractivity contribution in [2.24, 2.45) is 7.05 Å². The van der Waals surface area contributed by atoms with E-state index >= 15 is 0 Å². The van der Waals surface area contributed by atoms with Crippen LogP contribution in [0.3, 0.4) is 0 Å². The Morgan fingerprint density at radius 2 is 1.67 bits per heavy atom. The highest BCUT2D eigenvalue weighted by Crippen LogP contribution is 2.27. The minimum atomic E-state index is -3.68. The molecule has 0 aliphatic heterocycles. The highest BCUT2D eigenvalue weighted by Gasteiger charge is 2.23. The Morgan fingerprint density at radius 3 is 2.10 bits per heavy atom. The van der Waals surface area contributed by atoms with Crippen LogP contribution < -0.4 is 10.5 Å². The molecular formula is C14H20N4O2S.